The molecule has 2 N–H and O–H groups in total. The van der Waals surface area contributed by atoms with E-state index in [-0.39, 0.29) is 0 Å². The molecule has 0 bridgehead atoms. The number of unbranched alkanes of at least 4 members (excludes halogenated alkanes) is 3. The highest BCUT2D eigenvalue weighted by Gasteiger charge is 2.17. The molecule has 0 atom stereocenters. The molecule has 0 unspecified atom stereocenters. The Hall–Kier alpha value is -0.160. The van der Waals surface area contributed by atoms with Crippen molar-refractivity contribution < 1.29 is 0 Å². The molecule has 96 valence electrons. The lowest BCUT2D eigenvalue weighted by molar-refractivity contribution is -0.131. The van der Waals surface area contributed by atoms with E-state index in [9.17, 15) is 0 Å². The van der Waals surface area contributed by atoms with Crippen LogP contribution in [0.3, 0.4) is 0 Å². The van der Waals surface area contributed by atoms with Crippen molar-refractivity contribution in [3.05, 3.63) is 0 Å². The Morgan fingerprint density at radius 3 is 2.69 bits per heavy atom. The van der Waals surface area contributed by atoms with Crippen LogP contribution in [0.15, 0.2) is 0 Å². The minimum absolute atomic E-state index is 1.10. The molecule has 0 radical (unpaired) electrons. The molecule has 16 heavy (non-hydrogen) atoms. The SMILES string of the molecule is CCCCCNN1CCCNN1CCCC. The van der Waals surface area contributed by atoms with E-state index in [0.29, 0.717) is 0 Å². The summed E-state index contributed by atoms with van der Waals surface area (Å²) < 4.78 is 0. The van der Waals surface area contributed by atoms with Gasteiger partial charge in [-0.1, -0.05) is 33.1 Å². The van der Waals surface area contributed by atoms with Crippen molar-refractivity contribution in [2.45, 2.75) is 52.4 Å². The van der Waals surface area contributed by atoms with Gasteiger partial charge < -0.3 is 0 Å². The third kappa shape index (κ3) is 5.25. The zero-order valence-electron chi connectivity index (χ0n) is 11.0. The third-order valence-electron chi connectivity index (χ3n) is 2.93. The predicted octanol–water partition coefficient (Wildman–Crippen LogP) is 1.91. The van der Waals surface area contributed by atoms with Gasteiger partial charge >= 0.3 is 0 Å². The van der Waals surface area contributed by atoms with Gasteiger partial charge in [-0.3, -0.25) is 0 Å². The number of rotatable bonds is 8. The van der Waals surface area contributed by atoms with Crippen LogP contribution < -0.4 is 10.9 Å². The zero-order valence-corrected chi connectivity index (χ0v) is 11.0. The smallest absolute Gasteiger partial charge is 0.0316 e. The van der Waals surface area contributed by atoms with Crippen molar-refractivity contribution in [3.63, 3.8) is 0 Å². The van der Waals surface area contributed by atoms with Crippen LogP contribution >= 0.6 is 0 Å². The van der Waals surface area contributed by atoms with Crippen molar-refractivity contribution in [1.29, 1.82) is 0 Å². The van der Waals surface area contributed by atoms with Gasteiger partial charge in [-0.05, 0) is 19.3 Å². The van der Waals surface area contributed by atoms with E-state index >= 15 is 0 Å². The largest absolute Gasteiger partial charge is 0.240 e. The normalized spacial score (nSPS) is 19.1. The summed E-state index contributed by atoms with van der Waals surface area (Å²) in [6, 6.07) is 0. The van der Waals surface area contributed by atoms with Gasteiger partial charge in [0.15, 0.2) is 0 Å². The Balaban J connectivity index is 2.18. The number of hydrogen-bond acceptors (Lipinski definition) is 4. The van der Waals surface area contributed by atoms with Gasteiger partial charge in [-0.25, -0.2) is 10.9 Å². The van der Waals surface area contributed by atoms with Crippen LogP contribution in [-0.4, -0.2) is 36.4 Å². The molecule has 1 fully saturated rings. The molecule has 0 aromatic rings. The van der Waals surface area contributed by atoms with E-state index in [2.05, 4.69) is 34.9 Å². The Bertz CT molecular complexity index is 163. The molecular formula is C12H28N4. The molecule has 0 aromatic heterocycles. The molecular weight excluding hydrogens is 200 g/mol. The maximum absolute atomic E-state index is 3.51. The van der Waals surface area contributed by atoms with Crippen molar-refractivity contribution >= 4 is 0 Å². The maximum Gasteiger partial charge on any atom is 0.0316 e. The lowest BCUT2D eigenvalue weighted by Crippen LogP contribution is -2.61. The Labute approximate surface area is 100 Å². The predicted molar refractivity (Wildman–Crippen MR) is 68.5 cm³/mol. The number of hydrogen-bond donors (Lipinski definition) is 2. The molecule has 4 heteroatoms. The summed E-state index contributed by atoms with van der Waals surface area (Å²) in [6.07, 6.45) is 7.61. The Kier molecular flexibility index (Phi) is 7.76. The monoisotopic (exact) mass is 228 g/mol. The minimum atomic E-state index is 1.10. The van der Waals surface area contributed by atoms with Crippen molar-refractivity contribution in [2.75, 3.05) is 26.2 Å². The van der Waals surface area contributed by atoms with Gasteiger partial charge in [-0.15, -0.1) is 0 Å². The summed E-state index contributed by atoms with van der Waals surface area (Å²) in [4.78, 5) is 0. The van der Waals surface area contributed by atoms with E-state index in [4.69, 9.17) is 0 Å². The molecule has 1 heterocycles. The summed E-state index contributed by atoms with van der Waals surface area (Å²) >= 11 is 0. The minimum Gasteiger partial charge on any atom is -0.240 e. The van der Waals surface area contributed by atoms with Crippen molar-refractivity contribution in [2.24, 2.45) is 0 Å². The van der Waals surface area contributed by atoms with Crippen LogP contribution in [-0.2, 0) is 0 Å². The highest BCUT2D eigenvalue weighted by Crippen LogP contribution is 2.02. The first-order valence-electron chi connectivity index (χ1n) is 6.90. The van der Waals surface area contributed by atoms with Crippen molar-refractivity contribution in [1.82, 2.24) is 21.1 Å². The van der Waals surface area contributed by atoms with E-state index < -0.39 is 0 Å². The number of nitrogens with zero attached hydrogens (tertiary/aromatic N) is 2. The zero-order chi connectivity index (χ0) is 11.6. The molecule has 1 aliphatic heterocycles. The highest BCUT2D eigenvalue weighted by molar-refractivity contribution is 4.59. The molecule has 0 aromatic carbocycles. The summed E-state index contributed by atoms with van der Waals surface area (Å²) in [5.41, 5.74) is 6.95. The van der Waals surface area contributed by atoms with Gasteiger partial charge in [-0.2, -0.15) is 10.2 Å². The van der Waals surface area contributed by atoms with Crippen LogP contribution in [0.1, 0.15) is 52.4 Å². The van der Waals surface area contributed by atoms with Crippen LogP contribution in [0.4, 0.5) is 0 Å². The average Bonchev–Trinajstić information content (AvgIpc) is 2.33. The second-order valence-corrected chi connectivity index (χ2v) is 4.48. The fourth-order valence-electron chi connectivity index (χ4n) is 1.90. The standard InChI is InChI=1S/C12H28N4/c1-3-5-7-9-13-16-12-8-10-14-15(16)11-6-4-2/h13-14H,3-12H2,1-2H3. The van der Waals surface area contributed by atoms with Crippen molar-refractivity contribution in [3.8, 4) is 0 Å². The average molecular weight is 228 g/mol. The molecule has 0 spiro atoms. The maximum atomic E-state index is 3.51. The molecule has 0 aliphatic carbocycles. The topological polar surface area (TPSA) is 30.5 Å². The fourth-order valence-corrected chi connectivity index (χ4v) is 1.90. The van der Waals surface area contributed by atoms with E-state index in [0.717, 1.165) is 26.2 Å². The summed E-state index contributed by atoms with van der Waals surface area (Å²) in [7, 11) is 0. The van der Waals surface area contributed by atoms with Crippen LogP contribution in [0, 0.1) is 0 Å². The van der Waals surface area contributed by atoms with Gasteiger partial charge in [0.1, 0.15) is 0 Å². The molecule has 1 aliphatic rings. The van der Waals surface area contributed by atoms with E-state index in [1.807, 2.05) is 0 Å². The molecule has 1 rings (SSSR count). The van der Waals surface area contributed by atoms with Crippen LogP contribution in [0.25, 0.3) is 0 Å². The second-order valence-electron chi connectivity index (χ2n) is 4.48. The first-order chi connectivity index (χ1) is 7.88. The van der Waals surface area contributed by atoms with Gasteiger partial charge in [0.05, 0.1) is 0 Å². The lowest BCUT2D eigenvalue weighted by Gasteiger charge is -2.39. The quantitative estimate of drug-likeness (QED) is 0.621. The lowest BCUT2D eigenvalue weighted by atomic mass is 10.2. The van der Waals surface area contributed by atoms with Crippen LogP contribution in [0.2, 0.25) is 0 Å². The number of nitrogens with one attached hydrogen (secondary N) is 2. The summed E-state index contributed by atoms with van der Waals surface area (Å²) in [6.45, 7) is 8.92. The summed E-state index contributed by atoms with van der Waals surface area (Å²) in [5.74, 6) is 0. The Morgan fingerprint density at radius 1 is 1.12 bits per heavy atom. The van der Waals surface area contributed by atoms with Gasteiger partial charge in [0.2, 0.25) is 0 Å². The molecule has 0 amide bonds. The fraction of sp³-hybridized carbons (Fsp3) is 1.00. The van der Waals surface area contributed by atoms with E-state index in [1.165, 1.54) is 38.5 Å². The third-order valence-corrected chi connectivity index (χ3v) is 2.93. The first-order valence-corrected chi connectivity index (χ1v) is 6.90. The first kappa shape index (κ1) is 13.9. The second kappa shape index (κ2) is 8.93. The number of hydrazine groups is 3. The molecule has 1 saturated heterocycles. The molecule has 0 saturated carbocycles. The van der Waals surface area contributed by atoms with E-state index in [1.54, 1.807) is 0 Å². The van der Waals surface area contributed by atoms with Gasteiger partial charge in [0, 0.05) is 26.2 Å². The van der Waals surface area contributed by atoms with Crippen LogP contribution in [0.5, 0.6) is 0 Å². The Morgan fingerprint density at radius 2 is 1.94 bits per heavy atom. The highest BCUT2D eigenvalue weighted by atomic mass is 15.9. The molecule has 4 nitrogen and oxygen atoms in total. The van der Waals surface area contributed by atoms with Gasteiger partial charge in [0.25, 0.3) is 0 Å². The summed E-state index contributed by atoms with van der Waals surface area (Å²) in [5, 5.41) is 4.51.